The lowest BCUT2D eigenvalue weighted by atomic mass is 10.2. The smallest absolute Gasteiger partial charge is 0.338 e. The van der Waals surface area contributed by atoms with Crippen LogP contribution in [0.5, 0.6) is 0 Å². The highest BCUT2D eigenvalue weighted by atomic mass is 16.5. The molecule has 30 heavy (non-hydrogen) atoms. The molecule has 0 aliphatic carbocycles. The Morgan fingerprint density at radius 3 is 2.73 bits per heavy atom. The number of fused-ring (bicyclic) bond motifs is 1. The maximum atomic E-state index is 12.8. The van der Waals surface area contributed by atoms with E-state index in [-0.39, 0.29) is 12.5 Å². The predicted octanol–water partition coefficient (Wildman–Crippen LogP) is 4.16. The van der Waals surface area contributed by atoms with Crippen molar-refractivity contribution in [3.05, 3.63) is 83.7 Å². The summed E-state index contributed by atoms with van der Waals surface area (Å²) < 4.78 is 6.64. The molecule has 0 aliphatic rings. The van der Waals surface area contributed by atoms with Gasteiger partial charge >= 0.3 is 5.97 Å². The van der Waals surface area contributed by atoms with Gasteiger partial charge in [0.1, 0.15) is 0 Å². The number of carbonyl (C=O) groups is 2. The highest BCUT2D eigenvalue weighted by Crippen LogP contribution is 2.19. The molecule has 0 radical (unpaired) electrons. The molecule has 0 fully saturated rings. The number of anilines is 1. The summed E-state index contributed by atoms with van der Waals surface area (Å²) in [5.41, 5.74) is 2.82. The van der Waals surface area contributed by atoms with E-state index in [4.69, 9.17) is 4.74 Å². The standard InChI is InChI=1S/C23H20N4O3/c1-3-30-23(29)17-8-6-9-18(13-17)25-22(28)19-14-24-27(15(19)2)21-12-11-16-7-4-5-10-20(16)26-21/h4-14H,3H2,1-2H3,(H,25,28). The maximum absolute atomic E-state index is 12.8. The summed E-state index contributed by atoms with van der Waals surface area (Å²) in [6, 6.07) is 18.3. The number of nitrogens with zero attached hydrogens (tertiary/aromatic N) is 3. The van der Waals surface area contributed by atoms with Crippen molar-refractivity contribution in [1.29, 1.82) is 0 Å². The van der Waals surface area contributed by atoms with Crippen LogP contribution in [-0.4, -0.2) is 33.2 Å². The number of carbonyl (C=O) groups excluding carboxylic acids is 2. The van der Waals surface area contributed by atoms with Crippen LogP contribution in [0.2, 0.25) is 0 Å². The van der Waals surface area contributed by atoms with Crippen LogP contribution in [0.1, 0.15) is 33.3 Å². The molecule has 0 aliphatic heterocycles. The number of aromatic nitrogens is 3. The molecule has 1 amide bonds. The molecule has 4 rings (SSSR count). The Morgan fingerprint density at radius 1 is 1.07 bits per heavy atom. The van der Waals surface area contributed by atoms with Crippen molar-refractivity contribution < 1.29 is 14.3 Å². The summed E-state index contributed by atoms with van der Waals surface area (Å²) >= 11 is 0. The number of esters is 1. The highest BCUT2D eigenvalue weighted by molar-refractivity contribution is 6.05. The Labute approximate surface area is 173 Å². The molecule has 0 bridgehead atoms. The predicted molar refractivity (Wildman–Crippen MR) is 114 cm³/mol. The summed E-state index contributed by atoms with van der Waals surface area (Å²) in [5.74, 6) is -0.116. The minimum atomic E-state index is -0.431. The van der Waals surface area contributed by atoms with Crippen molar-refractivity contribution in [2.24, 2.45) is 0 Å². The zero-order chi connectivity index (χ0) is 21.1. The molecule has 0 saturated heterocycles. The van der Waals surface area contributed by atoms with Gasteiger partial charge in [0.15, 0.2) is 5.82 Å². The van der Waals surface area contributed by atoms with Crippen LogP contribution >= 0.6 is 0 Å². The lowest BCUT2D eigenvalue weighted by Crippen LogP contribution is -2.14. The van der Waals surface area contributed by atoms with E-state index in [9.17, 15) is 9.59 Å². The fourth-order valence-corrected chi connectivity index (χ4v) is 3.17. The molecular weight excluding hydrogens is 380 g/mol. The van der Waals surface area contributed by atoms with Crippen molar-refractivity contribution in [3.8, 4) is 5.82 Å². The highest BCUT2D eigenvalue weighted by Gasteiger charge is 2.17. The Morgan fingerprint density at radius 2 is 1.90 bits per heavy atom. The molecule has 1 N–H and O–H groups in total. The summed E-state index contributed by atoms with van der Waals surface area (Å²) in [6.45, 7) is 3.85. The SMILES string of the molecule is CCOC(=O)c1cccc(NC(=O)c2cnn(-c3ccc4ccccc4n3)c2C)c1. The van der Waals surface area contributed by atoms with E-state index >= 15 is 0 Å². The van der Waals surface area contributed by atoms with Gasteiger partial charge in [0.25, 0.3) is 5.91 Å². The van der Waals surface area contributed by atoms with E-state index in [1.807, 2.05) is 43.3 Å². The Bertz CT molecular complexity index is 1250. The van der Waals surface area contributed by atoms with Crippen LogP contribution in [0.25, 0.3) is 16.7 Å². The molecule has 0 saturated carbocycles. The van der Waals surface area contributed by atoms with E-state index in [2.05, 4.69) is 15.4 Å². The Hall–Kier alpha value is -4.00. The number of hydrogen-bond donors (Lipinski definition) is 1. The third-order valence-corrected chi connectivity index (χ3v) is 4.69. The van der Waals surface area contributed by atoms with Crippen LogP contribution < -0.4 is 5.32 Å². The van der Waals surface area contributed by atoms with Gasteiger partial charge in [-0.2, -0.15) is 5.10 Å². The molecule has 2 aromatic carbocycles. The molecule has 150 valence electrons. The van der Waals surface area contributed by atoms with E-state index < -0.39 is 5.97 Å². The average molecular weight is 400 g/mol. The number of nitrogens with one attached hydrogen (secondary N) is 1. The van der Waals surface area contributed by atoms with E-state index in [0.29, 0.717) is 28.3 Å². The van der Waals surface area contributed by atoms with Crippen molar-refractivity contribution >= 4 is 28.5 Å². The van der Waals surface area contributed by atoms with Crippen molar-refractivity contribution in [1.82, 2.24) is 14.8 Å². The van der Waals surface area contributed by atoms with Gasteiger partial charge in [-0.05, 0) is 50.2 Å². The molecule has 2 heterocycles. The first kappa shape index (κ1) is 19.3. The van der Waals surface area contributed by atoms with Crippen molar-refractivity contribution in [2.75, 3.05) is 11.9 Å². The Balaban J connectivity index is 1.58. The number of benzene rings is 2. The van der Waals surface area contributed by atoms with E-state index in [0.717, 1.165) is 10.9 Å². The molecule has 2 aromatic heterocycles. The van der Waals surface area contributed by atoms with Gasteiger partial charge in [0.2, 0.25) is 0 Å². The number of rotatable bonds is 5. The largest absolute Gasteiger partial charge is 0.462 e. The number of hydrogen-bond acceptors (Lipinski definition) is 5. The first-order chi connectivity index (χ1) is 14.6. The number of ether oxygens (including phenoxy) is 1. The molecule has 0 unspecified atom stereocenters. The van der Waals surface area contributed by atoms with Crippen LogP contribution in [0.15, 0.2) is 66.9 Å². The van der Waals surface area contributed by atoms with Crippen LogP contribution in [-0.2, 0) is 4.74 Å². The zero-order valence-corrected chi connectivity index (χ0v) is 16.6. The number of amides is 1. The number of pyridine rings is 1. The molecule has 0 spiro atoms. The van der Waals surface area contributed by atoms with E-state index in [1.165, 1.54) is 6.20 Å². The van der Waals surface area contributed by atoms with Gasteiger partial charge in [-0.25, -0.2) is 14.5 Å². The summed E-state index contributed by atoms with van der Waals surface area (Å²) in [6.07, 6.45) is 1.51. The topological polar surface area (TPSA) is 86.1 Å². The lowest BCUT2D eigenvalue weighted by Gasteiger charge is -2.08. The summed E-state index contributed by atoms with van der Waals surface area (Å²) in [5, 5.41) is 8.19. The molecule has 7 heteroatoms. The first-order valence-corrected chi connectivity index (χ1v) is 9.56. The second-order valence-corrected chi connectivity index (χ2v) is 6.67. The van der Waals surface area contributed by atoms with Crippen LogP contribution in [0.3, 0.4) is 0 Å². The van der Waals surface area contributed by atoms with Crippen molar-refractivity contribution in [3.63, 3.8) is 0 Å². The summed E-state index contributed by atoms with van der Waals surface area (Å²) in [7, 11) is 0. The fraction of sp³-hybridized carbons (Fsp3) is 0.130. The average Bonchev–Trinajstić information content (AvgIpc) is 3.15. The van der Waals surface area contributed by atoms with Gasteiger partial charge in [0, 0.05) is 11.1 Å². The lowest BCUT2D eigenvalue weighted by molar-refractivity contribution is 0.0526. The summed E-state index contributed by atoms with van der Waals surface area (Å²) in [4.78, 5) is 29.3. The molecule has 4 aromatic rings. The van der Waals surface area contributed by atoms with E-state index in [1.54, 1.807) is 35.9 Å². The second kappa shape index (κ2) is 8.16. The van der Waals surface area contributed by atoms with Gasteiger partial charge in [-0.3, -0.25) is 4.79 Å². The zero-order valence-electron chi connectivity index (χ0n) is 16.6. The third-order valence-electron chi connectivity index (χ3n) is 4.69. The second-order valence-electron chi connectivity index (χ2n) is 6.67. The molecular formula is C23H20N4O3. The van der Waals surface area contributed by atoms with Gasteiger partial charge in [-0.1, -0.05) is 24.3 Å². The van der Waals surface area contributed by atoms with Gasteiger partial charge in [-0.15, -0.1) is 0 Å². The normalized spacial score (nSPS) is 10.7. The third kappa shape index (κ3) is 3.77. The fourth-order valence-electron chi connectivity index (χ4n) is 3.17. The molecule has 7 nitrogen and oxygen atoms in total. The first-order valence-electron chi connectivity index (χ1n) is 9.56. The van der Waals surface area contributed by atoms with Gasteiger partial charge < -0.3 is 10.1 Å². The molecule has 0 atom stereocenters. The number of para-hydroxylation sites is 1. The van der Waals surface area contributed by atoms with Gasteiger partial charge in [0.05, 0.1) is 35.1 Å². The quantitative estimate of drug-likeness (QED) is 0.509. The minimum absolute atomic E-state index is 0.288. The maximum Gasteiger partial charge on any atom is 0.338 e. The van der Waals surface area contributed by atoms with Crippen molar-refractivity contribution in [2.45, 2.75) is 13.8 Å². The minimum Gasteiger partial charge on any atom is -0.462 e. The van der Waals surface area contributed by atoms with Crippen LogP contribution in [0.4, 0.5) is 5.69 Å². The monoisotopic (exact) mass is 400 g/mol. The Kier molecular flexibility index (Phi) is 5.26. The van der Waals surface area contributed by atoms with Crippen LogP contribution in [0, 0.1) is 6.92 Å².